The second kappa shape index (κ2) is 10.9. The van der Waals surface area contributed by atoms with E-state index in [1.165, 1.54) is 39.7 Å². The summed E-state index contributed by atoms with van der Waals surface area (Å²) >= 11 is 8.80. The van der Waals surface area contributed by atoms with E-state index >= 15 is 0 Å². The van der Waals surface area contributed by atoms with E-state index < -0.39 is 11.2 Å². The van der Waals surface area contributed by atoms with Crippen LogP contribution in [0.4, 0.5) is 11.5 Å². The first-order chi connectivity index (χ1) is 13.7. The van der Waals surface area contributed by atoms with Crippen LogP contribution in [0, 0.1) is 5.92 Å². The Morgan fingerprint density at radius 2 is 2.14 bits per heavy atom. The minimum absolute atomic E-state index is 0.0212. The topological polar surface area (TPSA) is 110 Å². The van der Waals surface area contributed by atoms with E-state index in [-0.39, 0.29) is 42.2 Å². The Balaban J connectivity index is 2.27. The number of rotatable bonds is 10. The number of nitrogens with two attached hydrogens (primary N) is 1. The van der Waals surface area contributed by atoms with Gasteiger partial charge in [-0.1, -0.05) is 25.4 Å². The van der Waals surface area contributed by atoms with Crippen molar-refractivity contribution in [1.29, 1.82) is 0 Å². The molecule has 0 unspecified atom stereocenters. The molecule has 0 radical (unpaired) electrons. The first kappa shape index (κ1) is 23.5. The number of H-pyrrole nitrogens is 1. The Morgan fingerprint density at radius 3 is 2.72 bits per heavy atom. The van der Waals surface area contributed by atoms with E-state index in [2.05, 4.69) is 4.98 Å². The van der Waals surface area contributed by atoms with Gasteiger partial charge in [0.25, 0.3) is 5.56 Å². The lowest BCUT2D eigenvalue weighted by Crippen LogP contribution is -2.43. The van der Waals surface area contributed by atoms with Gasteiger partial charge < -0.3 is 15.4 Å². The second-order valence-corrected chi connectivity index (χ2v) is 9.52. The molecule has 0 spiro atoms. The molecule has 0 aliphatic rings. The van der Waals surface area contributed by atoms with Gasteiger partial charge in [0, 0.05) is 30.8 Å². The summed E-state index contributed by atoms with van der Waals surface area (Å²) < 4.78 is 7.07. The van der Waals surface area contributed by atoms with Crippen molar-refractivity contribution >= 4 is 52.1 Å². The van der Waals surface area contributed by atoms with E-state index in [0.717, 1.165) is 4.88 Å². The SMILES string of the molecule is COCCN(C(=O)CSCc1ccc(Cl)s1)c1c(N)n(CC(C)C)c(=O)[nH]c1=O. The molecule has 0 saturated carbocycles. The lowest BCUT2D eigenvalue weighted by atomic mass is 10.2. The molecule has 2 heterocycles. The standard InChI is InChI=1S/C18H25ClN4O4S2/c1-11(2)8-23-16(20)15(17(25)21-18(23)26)22(6-7-27-3)14(24)10-28-9-12-4-5-13(19)29-12/h4-5,11H,6-10,20H2,1-3H3,(H,21,25,26). The number of halogens is 1. The van der Waals surface area contributed by atoms with Crippen molar-refractivity contribution in [1.82, 2.24) is 9.55 Å². The molecule has 0 bridgehead atoms. The highest BCUT2D eigenvalue weighted by Gasteiger charge is 2.24. The van der Waals surface area contributed by atoms with Crippen LogP contribution in [0.3, 0.4) is 0 Å². The van der Waals surface area contributed by atoms with Gasteiger partial charge in [-0.25, -0.2) is 4.79 Å². The van der Waals surface area contributed by atoms with Crippen LogP contribution in [-0.2, 0) is 21.8 Å². The van der Waals surface area contributed by atoms with E-state index in [0.29, 0.717) is 16.6 Å². The van der Waals surface area contributed by atoms with Crippen molar-refractivity contribution in [3.8, 4) is 0 Å². The van der Waals surface area contributed by atoms with Crippen molar-refractivity contribution in [2.24, 2.45) is 5.92 Å². The van der Waals surface area contributed by atoms with E-state index in [1.807, 2.05) is 26.0 Å². The van der Waals surface area contributed by atoms with Crippen LogP contribution >= 0.6 is 34.7 Å². The molecular formula is C18H25ClN4O4S2. The highest BCUT2D eigenvalue weighted by Crippen LogP contribution is 2.26. The second-order valence-electron chi connectivity index (χ2n) is 6.73. The minimum Gasteiger partial charge on any atom is -0.383 e. The molecule has 160 valence electrons. The van der Waals surface area contributed by atoms with Crippen LogP contribution in [0.5, 0.6) is 0 Å². The van der Waals surface area contributed by atoms with Gasteiger partial charge in [0.1, 0.15) is 5.82 Å². The van der Waals surface area contributed by atoms with Crippen molar-refractivity contribution < 1.29 is 9.53 Å². The molecule has 0 atom stereocenters. The van der Waals surface area contributed by atoms with Crippen LogP contribution in [0.25, 0.3) is 0 Å². The molecule has 2 aromatic rings. The van der Waals surface area contributed by atoms with Crippen LogP contribution < -0.4 is 21.9 Å². The number of nitrogens with zero attached hydrogens (tertiary/aromatic N) is 2. The van der Waals surface area contributed by atoms with Gasteiger partial charge in [-0.05, 0) is 18.1 Å². The number of nitrogens with one attached hydrogen (secondary N) is 1. The summed E-state index contributed by atoms with van der Waals surface area (Å²) in [6.45, 7) is 4.55. The fourth-order valence-corrected chi connectivity index (χ4v) is 4.77. The Bertz CT molecular complexity index is 954. The predicted molar refractivity (Wildman–Crippen MR) is 120 cm³/mol. The predicted octanol–water partition coefficient (Wildman–Crippen LogP) is 2.40. The maximum absolute atomic E-state index is 12.9. The monoisotopic (exact) mass is 460 g/mol. The van der Waals surface area contributed by atoms with Gasteiger partial charge in [-0.15, -0.1) is 23.1 Å². The number of carbonyl (C=O) groups excluding carboxylic acids is 1. The Hall–Kier alpha value is -1.75. The number of aromatic amines is 1. The summed E-state index contributed by atoms with van der Waals surface area (Å²) in [5.74, 6) is 0.583. The molecular weight excluding hydrogens is 436 g/mol. The minimum atomic E-state index is -0.688. The number of carbonyl (C=O) groups is 1. The number of thioether (sulfide) groups is 1. The average molecular weight is 461 g/mol. The zero-order chi connectivity index (χ0) is 21.6. The molecule has 0 aliphatic heterocycles. The van der Waals surface area contributed by atoms with Gasteiger partial charge in [0.2, 0.25) is 5.91 Å². The molecule has 8 nitrogen and oxygen atoms in total. The lowest BCUT2D eigenvalue weighted by Gasteiger charge is -2.24. The Labute approximate surface area is 182 Å². The molecule has 0 saturated heterocycles. The summed E-state index contributed by atoms with van der Waals surface area (Å²) in [6, 6.07) is 3.73. The number of amides is 1. The van der Waals surface area contributed by atoms with Crippen LogP contribution in [0.1, 0.15) is 18.7 Å². The maximum Gasteiger partial charge on any atom is 0.330 e. The third-order valence-electron chi connectivity index (χ3n) is 3.95. The smallest absolute Gasteiger partial charge is 0.330 e. The maximum atomic E-state index is 12.9. The molecule has 0 aromatic carbocycles. The number of methoxy groups -OCH3 is 1. The van der Waals surface area contributed by atoms with E-state index in [4.69, 9.17) is 22.1 Å². The normalized spacial score (nSPS) is 11.2. The first-order valence-electron chi connectivity index (χ1n) is 8.98. The van der Waals surface area contributed by atoms with Crippen molar-refractivity contribution in [3.05, 3.63) is 42.2 Å². The van der Waals surface area contributed by atoms with Gasteiger partial charge in [-0.2, -0.15) is 0 Å². The van der Waals surface area contributed by atoms with Gasteiger partial charge in [-0.3, -0.25) is 19.1 Å². The molecule has 29 heavy (non-hydrogen) atoms. The third kappa shape index (κ3) is 6.36. The summed E-state index contributed by atoms with van der Waals surface area (Å²) in [5.41, 5.74) is 4.86. The molecule has 1 amide bonds. The summed E-state index contributed by atoms with van der Waals surface area (Å²) in [6.07, 6.45) is 0. The number of aromatic nitrogens is 2. The number of anilines is 2. The summed E-state index contributed by atoms with van der Waals surface area (Å²) in [5, 5.41) is 0. The summed E-state index contributed by atoms with van der Waals surface area (Å²) in [7, 11) is 1.51. The highest BCUT2D eigenvalue weighted by atomic mass is 35.5. The number of nitrogen functional groups attached to an aromatic ring is 1. The quantitative estimate of drug-likeness (QED) is 0.563. The Morgan fingerprint density at radius 1 is 1.41 bits per heavy atom. The zero-order valence-corrected chi connectivity index (χ0v) is 19.0. The molecule has 2 rings (SSSR count). The van der Waals surface area contributed by atoms with Crippen LogP contribution in [0.2, 0.25) is 4.34 Å². The Kier molecular flexibility index (Phi) is 8.81. The van der Waals surface area contributed by atoms with Crippen LogP contribution in [0.15, 0.2) is 21.7 Å². The van der Waals surface area contributed by atoms with Gasteiger partial charge in [0.05, 0.1) is 16.7 Å². The van der Waals surface area contributed by atoms with Crippen LogP contribution in [-0.4, -0.2) is 41.5 Å². The zero-order valence-electron chi connectivity index (χ0n) is 16.6. The fraction of sp³-hybridized carbons (Fsp3) is 0.500. The lowest BCUT2D eigenvalue weighted by molar-refractivity contribution is -0.116. The van der Waals surface area contributed by atoms with E-state index in [1.54, 1.807) is 0 Å². The number of ether oxygens (including phenoxy) is 1. The fourth-order valence-electron chi connectivity index (χ4n) is 2.67. The van der Waals surface area contributed by atoms with Gasteiger partial charge >= 0.3 is 5.69 Å². The van der Waals surface area contributed by atoms with E-state index in [9.17, 15) is 14.4 Å². The highest BCUT2D eigenvalue weighted by molar-refractivity contribution is 7.99. The number of hydrogen-bond acceptors (Lipinski definition) is 7. The van der Waals surface area contributed by atoms with Gasteiger partial charge in [0.15, 0.2) is 5.69 Å². The number of hydrogen-bond donors (Lipinski definition) is 2. The number of thiophene rings is 1. The molecule has 0 fully saturated rings. The first-order valence-corrected chi connectivity index (χ1v) is 11.3. The summed E-state index contributed by atoms with van der Waals surface area (Å²) in [4.78, 5) is 42.2. The average Bonchev–Trinajstić information content (AvgIpc) is 3.06. The van der Waals surface area contributed by atoms with Crippen molar-refractivity contribution in [2.75, 3.05) is 36.6 Å². The molecule has 3 N–H and O–H groups in total. The van der Waals surface area contributed by atoms with Crippen molar-refractivity contribution in [2.45, 2.75) is 26.1 Å². The molecule has 2 aromatic heterocycles. The third-order valence-corrected chi connectivity index (χ3v) is 6.33. The largest absolute Gasteiger partial charge is 0.383 e. The molecule has 0 aliphatic carbocycles. The van der Waals surface area contributed by atoms with Crippen molar-refractivity contribution in [3.63, 3.8) is 0 Å². The molecule has 11 heteroatoms.